The topological polar surface area (TPSA) is 82.7 Å². The molecule has 2 heterocycles. The number of fused-ring (bicyclic) bond motifs is 1. The van der Waals surface area contributed by atoms with Gasteiger partial charge in [-0.1, -0.05) is 35.5 Å². The van der Waals surface area contributed by atoms with Gasteiger partial charge < -0.3 is 0 Å². The van der Waals surface area contributed by atoms with Crippen LogP contribution < -0.4 is 5.56 Å². The van der Waals surface area contributed by atoms with Crippen molar-refractivity contribution in [3.63, 3.8) is 0 Å². The van der Waals surface area contributed by atoms with Crippen molar-refractivity contribution < 1.29 is 4.79 Å². The molecule has 106 valence electrons. The van der Waals surface area contributed by atoms with Crippen molar-refractivity contribution in [2.24, 2.45) is 7.05 Å². The predicted molar refractivity (Wildman–Crippen MR) is 75.7 cm³/mol. The Morgan fingerprint density at radius 3 is 2.76 bits per heavy atom. The molecule has 7 nitrogen and oxygen atoms in total. The molecule has 0 aliphatic heterocycles. The van der Waals surface area contributed by atoms with Crippen LogP contribution >= 0.6 is 0 Å². The molecule has 0 aliphatic carbocycles. The second-order valence-electron chi connectivity index (χ2n) is 4.76. The summed E-state index contributed by atoms with van der Waals surface area (Å²) >= 11 is 0. The summed E-state index contributed by atoms with van der Waals surface area (Å²) in [4.78, 5) is 24.2. The molecule has 7 heteroatoms. The van der Waals surface area contributed by atoms with Crippen LogP contribution in [-0.4, -0.2) is 30.6 Å². The summed E-state index contributed by atoms with van der Waals surface area (Å²) < 4.78 is 2.55. The van der Waals surface area contributed by atoms with Crippen molar-refractivity contribution in [2.75, 3.05) is 0 Å². The first-order valence-corrected chi connectivity index (χ1v) is 6.46. The fraction of sp³-hybridized carbons (Fsp3) is 0.214. The first-order chi connectivity index (χ1) is 10.1. The number of hydrogen-bond acceptors (Lipinski definition) is 5. The Hall–Kier alpha value is -2.83. The zero-order chi connectivity index (χ0) is 14.8. The lowest BCUT2D eigenvalue weighted by atomic mass is 10.1. The summed E-state index contributed by atoms with van der Waals surface area (Å²) in [5.41, 5.74) is 0.965. The van der Waals surface area contributed by atoms with Gasteiger partial charge in [0, 0.05) is 13.5 Å². The van der Waals surface area contributed by atoms with E-state index in [2.05, 4.69) is 15.4 Å². The second-order valence-corrected chi connectivity index (χ2v) is 4.76. The Morgan fingerprint density at radius 1 is 1.24 bits per heavy atom. The Kier molecular flexibility index (Phi) is 3.31. The number of carbonyl (C=O) groups excluding carboxylic acids is 1. The maximum Gasteiger partial charge on any atom is 0.281 e. The highest BCUT2D eigenvalue weighted by atomic mass is 16.1. The quantitative estimate of drug-likeness (QED) is 0.689. The van der Waals surface area contributed by atoms with Gasteiger partial charge in [-0.2, -0.15) is 5.10 Å². The van der Waals surface area contributed by atoms with Crippen LogP contribution in [-0.2, 0) is 24.8 Å². The normalized spacial score (nSPS) is 10.9. The van der Waals surface area contributed by atoms with Gasteiger partial charge in [0.1, 0.15) is 11.9 Å². The Bertz CT molecular complexity index is 851. The highest BCUT2D eigenvalue weighted by Gasteiger charge is 2.12. The molecule has 0 saturated heterocycles. The van der Waals surface area contributed by atoms with Gasteiger partial charge in [-0.15, -0.1) is 5.10 Å². The third kappa shape index (κ3) is 2.58. The minimum absolute atomic E-state index is 0.0917. The van der Waals surface area contributed by atoms with E-state index in [-0.39, 0.29) is 24.3 Å². The molecule has 0 bridgehead atoms. The number of benzene rings is 1. The summed E-state index contributed by atoms with van der Waals surface area (Å²) in [5, 5.41) is 12.0. The van der Waals surface area contributed by atoms with Crippen LogP contribution in [0.25, 0.3) is 11.0 Å². The number of hydrogen-bond donors (Lipinski definition) is 0. The second kappa shape index (κ2) is 5.28. The molecule has 21 heavy (non-hydrogen) atoms. The molecular formula is C14H13N5O2. The first-order valence-electron chi connectivity index (χ1n) is 6.46. The fourth-order valence-electron chi connectivity index (χ4n) is 2.13. The first kappa shape index (κ1) is 13.2. The van der Waals surface area contributed by atoms with Gasteiger partial charge in [-0.25, -0.2) is 9.36 Å². The van der Waals surface area contributed by atoms with Crippen LogP contribution in [0.15, 0.2) is 41.3 Å². The van der Waals surface area contributed by atoms with Gasteiger partial charge in [0.05, 0.1) is 6.20 Å². The Balaban J connectivity index is 1.83. The van der Waals surface area contributed by atoms with E-state index in [9.17, 15) is 9.59 Å². The fourth-order valence-corrected chi connectivity index (χ4v) is 2.13. The zero-order valence-corrected chi connectivity index (χ0v) is 11.4. The third-order valence-corrected chi connectivity index (χ3v) is 3.19. The van der Waals surface area contributed by atoms with Gasteiger partial charge >= 0.3 is 0 Å². The molecule has 1 aromatic carbocycles. The number of aryl methyl sites for hydroxylation is 1. The highest BCUT2D eigenvalue weighted by Crippen LogP contribution is 2.03. The lowest BCUT2D eigenvalue weighted by Gasteiger charge is -2.03. The van der Waals surface area contributed by atoms with E-state index in [1.165, 1.54) is 10.9 Å². The Labute approximate surface area is 119 Å². The molecule has 3 rings (SSSR count). The zero-order valence-electron chi connectivity index (χ0n) is 11.4. The summed E-state index contributed by atoms with van der Waals surface area (Å²) in [5.74, 6) is -0.0964. The lowest BCUT2D eigenvalue weighted by Crippen LogP contribution is -2.28. The van der Waals surface area contributed by atoms with E-state index in [1.807, 2.05) is 30.3 Å². The summed E-state index contributed by atoms with van der Waals surface area (Å²) in [6, 6.07) is 9.38. The van der Waals surface area contributed by atoms with Crippen LogP contribution in [0.3, 0.4) is 0 Å². The molecule has 0 atom stereocenters. The average Bonchev–Trinajstić information content (AvgIpc) is 2.85. The van der Waals surface area contributed by atoms with E-state index in [0.29, 0.717) is 11.0 Å². The van der Waals surface area contributed by atoms with Gasteiger partial charge in [0.25, 0.3) is 5.56 Å². The van der Waals surface area contributed by atoms with E-state index in [4.69, 9.17) is 0 Å². The molecule has 0 fully saturated rings. The van der Waals surface area contributed by atoms with Crippen molar-refractivity contribution in [3.8, 4) is 0 Å². The van der Waals surface area contributed by atoms with Crippen LogP contribution in [0.2, 0.25) is 0 Å². The number of rotatable bonds is 4. The van der Waals surface area contributed by atoms with Gasteiger partial charge in [0.15, 0.2) is 11.4 Å². The molecule has 2 aromatic heterocycles. The standard InChI is InChI=1S/C14H13N5O2/c1-18-13-12(8-15-18)14(21)19(17-16-13)9-11(20)7-10-5-3-2-4-6-10/h2-6,8H,7,9H2,1H3. The third-order valence-electron chi connectivity index (χ3n) is 3.19. The molecule has 0 unspecified atom stereocenters. The van der Waals surface area contributed by atoms with Crippen molar-refractivity contribution in [3.05, 3.63) is 52.4 Å². The summed E-state index contributed by atoms with van der Waals surface area (Å²) in [7, 11) is 1.68. The average molecular weight is 283 g/mol. The van der Waals surface area contributed by atoms with E-state index < -0.39 is 0 Å². The molecule has 0 saturated carbocycles. The summed E-state index contributed by atoms with van der Waals surface area (Å²) in [6.45, 7) is -0.0917. The SMILES string of the molecule is Cn1ncc2c(=O)n(CC(=O)Cc3ccccc3)nnc21. The molecule has 0 aliphatic rings. The molecule has 0 radical (unpaired) electrons. The number of Topliss-reactive ketones (excluding diaryl/α,β-unsaturated/α-hetero) is 1. The van der Waals surface area contributed by atoms with Crippen molar-refractivity contribution in [1.82, 2.24) is 24.8 Å². The largest absolute Gasteiger partial charge is 0.297 e. The minimum Gasteiger partial charge on any atom is -0.297 e. The van der Waals surface area contributed by atoms with Crippen molar-refractivity contribution >= 4 is 16.8 Å². The van der Waals surface area contributed by atoms with Gasteiger partial charge in [-0.05, 0) is 5.56 Å². The number of ketones is 1. The van der Waals surface area contributed by atoms with Gasteiger partial charge in [0.2, 0.25) is 0 Å². The smallest absolute Gasteiger partial charge is 0.281 e. The predicted octanol–water partition coefficient (Wildman–Crippen LogP) is 0.337. The van der Waals surface area contributed by atoms with Crippen LogP contribution in [0.5, 0.6) is 0 Å². The number of nitrogens with zero attached hydrogens (tertiary/aromatic N) is 5. The maximum absolute atomic E-state index is 12.2. The molecule has 0 amide bonds. The van der Waals surface area contributed by atoms with Gasteiger partial charge in [-0.3, -0.25) is 9.59 Å². The number of carbonyl (C=O) groups is 1. The van der Waals surface area contributed by atoms with Crippen molar-refractivity contribution in [1.29, 1.82) is 0 Å². The maximum atomic E-state index is 12.2. The van der Waals surface area contributed by atoms with E-state index in [0.717, 1.165) is 10.2 Å². The molecule has 0 spiro atoms. The Morgan fingerprint density at radius 2 is 2.00 bits per heavy atom. The highest BCUT2D eigenvalue weighted by molar-refractivity contribution is 5.81. The lowest BCUT2D eigenvalue weighted by molar-refractivity contribution is -0.119. The summed E-state index contributed by atoms with van der Waals surface area (Å²) in [6.07, 6.45) is 1.70. The van der Waals surface area contributed by atoms with Crippen molar-refractivity contribution in [2.45, 2.75) is 13.0 Å². The molecular weight excluding hydrogens is 270 g/mol. The monoisotopic (exact) mass is 283 g/mol. The number of aromatic nitrogens is 5. The molecule has 0 N–H and O–H groups in total. The minimum atomic E-state index is -0.352. The van der Waals surface area contributed by atoms with E-state index >= 15 is 0 Å². The van der Waals surface area contributed by atoms with E-state index in [1.54, 1.807) is 7.05 Å². The van der Waals surface area contributed by atoms with Crippen LogP contribution in [0.1, 0.15) is 5.56 Å². The van der Waals surface area contributed by atoms with Crippen LogP contribution in [0, 0.1) is 0 Å². The molecule has 3 aromatic rings. The van der Waals surface area contributed by atoms with Crippen LogP contribution in [0.4, 0.5) is 0 Å².